The Morgan fingerprint density at radius 1 is 1.10 bits per heavy atom. The first kappa shape index (κ1) is 15.6. The number of hydrogen-bond donors (Lipinski definition) is 1. The summed E-state index contributed by atoms with van der Waals surface area (Å²) in [5.74, 6) is -0.876. The largest absolute Gasteiger partial charge is 0.351 e. The van der Waals surface area contributed by atoms with Gasteiger partial charge in [0.15, 0.2) is 0 Å². The molecule has 1 amide bonds. The van der Waals surface area contributed by atoms with Gasteiger partial charge in [0.05, 0.1) is 4.83 Å². The first-order valence-corrected chi connectivity index (χ1v) is 7.37. The maximum absolute atomic E-state index is 13.5. The van der Waals surface area contributed by atoms with Gasteiger partial charge in [0, 0.05) is 6.54 Å². The zero-order chi connectivity index (χ0) is 15.2. The number of benzene rings is 2. The van der Waals surface area contributed by atoms with Gasteiger partial charge < -0.3 is 5.32 Å². The molecule has 0 bridgehead atoms. The lowest BCUT2D eigenvalue weighted by Crippen LogP contribution is -2.32. The van der Waals surface area contributed by atoms with Gasteiger partial charge in [0.2, 0.25) is 5.91 Å². The van der Waals surface area contributed by atoms with Crippen molar-refractivity contribution in [1.29, 1.82) is 0 Å². The number of rotatable bonds is 5. The van der Waals surface area contributed by atoms with Crippen LogP contribution in [0, 0.1) is 11.6 Å². The quantitative estimate of drug-likeness (QED) is 0.817. The molecule has 1 unspecified atom stereocenters. The molecular weight excluding hydrogens is 340 g/mol. The molecular formula is C16H14BrF2NO. The molecule has 21 heavy (non-hydrogen) atoms. The second-order valence-electron chi connectivity index (χ2n) is 4.61. The van der Waals surface area contributed by atoms with Crippen LogP contribution in [0.4, 0.5) is 8.78 Å². The molecule has 0 heterocycles. The number of carbonyl (C=O) groups is 1. The summed E-state index contributed by atoms with van der Waals surface area (Å²) in [5.41, 5.74) is 1.28. The van der Waals surface area contributed by atoms with Gasteiger partial charge in [-0.1, -0.05) is 46.3 Å². The SMILES string of the molecule is O=C(NCc1ccc(F)cc1)C(Br)Cc1ccccc1F. The molecule has 1 atom stereocenters. The molecule has 2 aromatic carbocycles. The van der Waals surface area contributed by atoms with Gasteiger partial charge in [0.25, 0.3) is 0 Å². The molecule has 1 N–H and O–H groups in total. The van der Waals surface area contributed by atoms with Crippen LogP contribution in [0.3, 0.4) is 0 Å². The number of carbonyl (C=O) groups excluding carboxylic acids is 1. The highest BCUT2D eigenvalue weighted by Crippen LogP contribution is 2.14. The summed E-state index contributed by atoms with van der Waals surface area (Å²) in [7, 11) is 0. The molecule has 2 nitrogen and oxygen atoms in total. The fourth-order valence-electron chi connectivity index (χ4n) is 1.85. The van der Waals surface area contributed by atoms with Crippen molar-refractivity contribution in [2.24, 2.45) is 0 Å². The molecule has 2 aromatic rings. The summed E-state index contributed by atoms with van der Waals surface area (Å²) in [6.45, 7) is 0.304. The molecule has 2 rings (SSSR count). The molecule has 0 aliphatic heterocycles. The predicted molar refractivity (Wildman–Crippen MR) is 81.1 cm³/mol. The van der Waals surface area contributed by atoms with Gasteiger partial charge in [-0.15, -0.1) is 0 Å². The maximum Gasteiger partial charge on any atom is 0.234 e. The summed E-state index contributed by atoms with van der Waals surface area (Å²) in [4.78, 5) is 11.4. The van der Waals surface area contributed by atoms with E-state index in [1.165, 1.54) is 18.2 Å². The summed E-state index contributed by atoms with van der Waals surface area (Å²) in [5, 5.41) is 2.73. The molecule has 0 saturated heterocycles. The normalized spacial score (nSPS) is 12.0. The zero-order valence-corrected chi connectivity index (χ0v) is 12.7. The lowest BCUT2D eigenvalue weighted by atomic mass is 10.1. The van der Waals surface area contributed by atoms with Crippen molar-refractivity contribution in [3.8, 4) is 0 Å². The van der Waals surface area contributed by atoms with E-state index in [9.17, 15) is 13.6 Å². The number of halogens is 3. The van der Waals surface area contributed by atoms with E-state index in [0.29, 0.717) is 12.1 Å². The van der Waals surface area contributed by atoms with Crippen LogP contribution in [0.25, 0.3) is 0 Å². The van der Waals surface area contributed by atoms with Crippen LogP contribution < -0.4 is 5.32 Å². The topological polar surface area (TPSA) is 29.1 Å². The van der Waals surface area contributed by atoms with E-state index in [4.69, 9.17) is 0 Å². The lowest BCUT2D eigenvalue weighted by molar-refractivity contribution is -0.120. The van der Waals surface area contributed by atoms with E-state index < -0.39 is 4.83 Å². The van der Waals surface area contributed by atoms with Crippen molar-refractivity contribution in [2.45, 2.75) is 17.8 Å². The highest BCUT2D eigenvalue weighted by atomic mass is 79.9. The van der Waals surface area contributed by atoms with E-state index >= 15 is 0 Å². The van der Waals surface area contributed by atoms with Crippen molar-refractivity contribution in [1.82, 2.24) is 5.32 Å². The fraction of sp³-hybridized carbons (Fsp3) is 0.188. The van der Waals surface area contributed by atoms with E-state index in [-0.39, 0.29) is 24.0 Å². The minimum Gasteiger partial charge on any atom is -0.351 e. The second kappa shape index (κ2) is 7.31. The van der Waals surface area contributed by atoms with Gasteiger partial charge in [-0.3, -0.25) is 4.79 Å². The fourth-order valence-corrected chi connectivity index (χ4v) is 2.36. The monoisotopic (exact) mass is 353 g/mol. The second-order valence-corrected chi connectivity index (χ2v) is 5.71. The Morgan fingerprint density at radius 3 is 2.43 bits per heavy atom. The minimum atomic E-state index is -0.519. The van der Waals surface area contributed by atoms with Crippen molar-refractivity contribution in [3.05, 3.63) is 71.3 Å². The van der Waals surface area contributed by atoms with Crippen LogP contribution in [-0.4, -0.2) is 10.7 Å². The Morgan fingerprint density at radius 2 is 1.76 bits per heavy atom. The summed E-state index contributed by atoms with van der Waals surface area (Å²) < 4.78 is 26.3. The maximum atomic E-state index is 13.5. The number of hydrogen-bond acceptors (Lipinski definition) is 1. The number of alkyl halides is 1. The highest BCUT2D eigenvalue weighted by molar-refractivity contribution is 9.10. The van der Waals surface area contributed by atoms with Gasteiger partial charge in [-0.25, -0.2) is 8.78 Å². The molecule has 0 aliphatic carbocycles. The van der Waals surface area contributed by atoms with Gasteiger partial charge in [-0.2, -0.15) is 0 Å². The van der Waals surface area contributed by atoms with Gasteiger partial charge >= 0.3 is 0 Å². The average Bonchev–Trinajstić information content (AvgIpc) is 2.48. The van der Waals surface area contributed by atoms with Crippen LogP contribution >= 0.6 is 15.9 Å². The van der Waals surface area contributed by atoms with Crippen LogP contribution in [0.5, 0.6) is 0 Å². The summed E-state index contributed by atoms with van der Waals surface area (Å²) in [6, 6.07) is 12.2. The van der Waals surface area contributed by atoms with E-state index in [2.05, 4.69) is 21.2 Å². The third kappa shape index (κ3) is 4.63. The lowest BCUT2D eigenvalue weighted by Gasteiger charge is -2.11. The molecule has 0 aliphatic rings. The average molecular weight is 354 g/mol. The first-order chi connectivity index (χ1) is 10.1. The van der Waals surface area contributed by atoms with Crippen molar-refractivity contribution >= 4 is 21.8 Å². The number of amides is 1. The molecule has 0 fully saturated rings. The Balaban J connectivity index is 1.88. The molecule has 5 heteroatoms. The van der Waals surface area contributed by atoms with Crippen LogP contribution in [0.2, 0.25) is 0 Å². The molecule has 0 spiro atoms. The van der Waals surface area contributed by atoms with Crippen molar-refractivity contribution in [2.75, 3.05) is 0 Å². The number of nitrogens with one attached hydrogen (secondary N) is 1. The van der Waals surface area contributed by atoms with Crippen LogP contribution in [-0.2, 0) is 17.8 Å². The van der Waals surface area contributed by atoms with Gasteiger partial charge in [-0.05, 0) is 35.7 Å². The third-order valence-corrected chi connectivity index (χ3v) is 3.76. The van der Waals surface area contributed by atoms with Crippen LogP contribution in [0.15, 0.2) is 48.5 Å². The molecule has 0 aromatic heterocycles. The summed E-state index contributed by atoms with van der Waals surface area (Å²) in [6.07, 6.45) is 0.266. The Bertz CT molecular complexity index is 616. The zero-order valence-electron chi connectivity index (χ0n) is 11.2. The standard InChI is InChI=1S/C16H14BrF2NO/c17-14(9-12-3-1-2-4-15(12)19)16(21)20-10-11-5-7-13(18)8-6-11/h1-8,14H,9-10H2,(H,20,21). The smallest absolute Gasteiger partial charge is 0.234 e. The highest BCUT2D eigenvalue weighted by Gasteiger charge is 2.16. The first-order valence-electron chi connectivity index (χ1n) is 6.46. The summed E-state index contributed by atoms with van der Waals surface area (Å²) >= 11 is 3.26. The van der Waals surface area contributed by atoms with Crippen molar-refractivity contribution in [3.63, 3.8) is 0 Å². The molecule has 0 radical (unpaired) electrons. The molecule has 110 valence electrons. The minimum absolute atomic E-state index is 0.234. The molecule has 0 saturated carbocycles. The van der Waals surface area contributed by atoms with E-state index in [1.54, 1.807) is 30.3 Å². The Labute approximate surface area is 130 Å². The van der Waals surface area contributed by atoms with Crippen LogP contribution in [0.1, 0.15) is 11.1 Å². The third-order valence-electron chi connectivity index (χ3n) is 3.02. The Hall–Kier alpha value is -1.75. The predicted octanol–water partition coefficient (Wildman–Crippen LogP) is 3.59. The van der Waals surface area contributed by atoms with E-state index in [0.717, 1.165) is 5.56 Å². The van der Waals surface area contributed by atoms with Gasteiger partial charge in [0.1, 0.15) is 11.6 Å². The Kier molecular flexibility index (Phi) is 5.44. The van der Waals surface area contributed by atoms with E-state index in [1.807, 2.05) is 0 Å². The van der Waals surface area contributed by atoms with Crippen molar-refractivity contribution < 1.29 is 13.6 Å².